The van der Waals surface area contributed by atoms with Gasteiger partial charge in [-0.1, -0.05) is 49.2 Å². The summed E-state index contributed by atoms with van der Waals surface area (Å²) in [4.78, 5) is 4.88. The molecule has 2 atom stereocenters. The van der Waals surface area contributed by atoms with Gasteiger partial charge in [0.1, 0.15) is 0 Å². The zero-order valence-electron chi connectivity index (χ0n) is 13.3. The molecule has 0 aromatic heterocycles. The van der Waals surface area contributed by atoms with E-state index in [1.165, 1.54) is 12.8 Å². The maximum atomic E-state index is 6.25. The van der Waals surface area contributed by atoms with Crippen LogP contribution in [0.15, 0.2) is 65.7 Å². The van der Waals surface area contributed by atoms with Crippen molar-refractivity contribution in [1.82, 2.24) is 0 Å². The molecule has 2 aromatic carbocycles. The minimum absolute atomic E-state index is 0.147. The van der Waals surface area contributed by atoms with E-state index in [1.807, 2.05) is 60.7 Å². The maximum absolute atomic E-state index is 6.25. The molecule has 0 amide bonds. The van der Waals surface area contributed by atoms with Crippen molar-refractivity contribution in [1.29, 1.82) is 0 Å². The van der Waals surface area contributed by atoms with Gasteiger partial charge in [-0.25, -0.2) is 4.99 Å². The van der Waals surface area contributed by atoms with Gasteiger partial charge in [-0.05, 0) is 37.1 Å². The summed E-state index contributed by atoms with van der Waals surface area (Å²) in [5.41, 5.74) is 8.28. The van der Waals surface area contributed by atoms with E-state index in [2.05, 4.69) is 10.6 Å². The Morgan fingerprint density at radius 2 is 1.35 bits per heavy atom. The van der Waals surface area contributed by atoms with E-state index >= 15 is 0 Å². The lowest BCUT2D eigenvalue weighted by molar-refractivity contribution is 0.386. The minimum atomic E-state index is 0.147. The van der Waals surface area contributed by atoms with E-state index < -0.39 is 0 Å². The van der Waals surface area contributed by atoms with Gasteiger partial charge in [-0.2, -0.15) is 0 Å². The van der Waals surface area contributed by atoms with Crippen molar-refractivity contribution < 1.29 is 0 Å². The zero-order valence-corrected chi connectivity index (χ0v) is 13.3. The first-order chi connectivity index (χ1) is 11.3. The number of guanidine groups is 1. The number of hydrogen-bond acceptors (Lipinski definition) is 2. The molecule has 0 radical (unpaired) electrons. The Bertz CT molecular complexity index is 581. The Labute approximate surface area is 137 Å². The Kier molecular flexibility index (Phi) is 5.27. The fraction of sp³-hybridized carbons (Fsp3) is 0.316. The quantitative estimate of drug-likeness (QED) is 0.596. The average molecular weight is 308 g/mol. The van der Waals surface area contributed by atoms with Crippen LogP contribution in [-0.4, -0.2) is 18.0 Å². The average Bonchev–Trinajstić information content (AvgIpc) is 2.59. The van der Waals surface area contributed by atoms with Crippen LogP contribution in [-0.2, 0) is 0 Å². The number of rotatable bonds is 3. The van der Waals surface area contributed by atoms with E-state index in [-0.39, 0.29) is 12.1 Å². The predicted molar refractivity (Wildman–Crippen MR) is 97.8 cm³/mol. The van der Waals surface area contributed by atoms with Crippen molar-refractivity contribution in [3.05, 3.63) is 60.7 Å². The summed E-state index contributed by atoms with van der Waals surface area (Å²) >= 11 is 0. The maximum Gasteiger partial charge on any atom is 0.200 e. The van der Waals surface area contributed by atoms with Crippen molar-refractivity contribution in [2.45, 2.75) is 37.8 Å². The first kappa shape index (κ1) is 15.6. The molecule has 4 N–H and O–H groups in total. The molecule has 0 bridgehead atoms. The van der Waals surface area contributed by atoms with Crippen molar-refractivity contribution in [3.63, 3.8) is 0 Å². The van der Waals surface area contributed by atoms with Crippen LogP contribution in [0.4, 0.5) is 11.4 Å². The van der Waals surface area contributed by atoms with Gasteiger partial charge < -0.3 is 16.4 Å². The third-order valence-electron chi connectivity index (χ3n) is 4.15. The number of hydrogen-bond donors (Lipinski definition) is 3. The lowest BCUT2D eigenvalue weighted by Gasteiger charge is -2.26. The zero-order chi connectivity index (χ0) is 15.9. The molecule has 1 aliphatic carbocycles. The van der Waals surface area contributed by atoms with Crippen LogP contribution in [0.5, 0.6) is 0 Å². The molecule has 120 valence electrons. The highest BCUT2D eigenvalue weighted by Gasteiger charge is 2.21. The Balaban J connectivity index is 1.80. The molecular weight excluding hydrogens is 284 g/mol. The number of aliphatic imine (C=N–C) groups is 1. The van der Waals surface area contributed by atoms with Gasteiger partial charge in [-0.15, -0.1) is 0 Å². The van der Waals surface area contributed by atoms with Crippen LogP contribution in [0.3, 0.4) is 0 Å². The minimum Gasteiger partial charge on any atom is -0.326 e. The number of para-hydroxylation sites is 2. The van der Waals surface area contributed by atoms with Crippen molar-refractivity contribution >= 4 is 17.3 Å². The van der Waals surface area contributed by atoms with Gasteiger partial charge in [0.25, 0.3) is 0 Å². The summed E-state index contributed by atoms with van der Waals surface area (Å²) in [5, 5.41) is 6.76. The number of nitrogens with two attached hydrogens (primary N) is 1. The molecule has 0 unspecified atom stereocenters. The molecule has 0 saturated heterocycles. The van der Waals surface area contributed by atoms with E-state index in [9.17, 15) is 0 Å². The molecule has 0 aliphatic heterocycles. The van der Waals surface area contributed by atoms with Crippen LogP contribution < -0.4 is 16.4 Å². The second-order valence-corrected chi connectivity index (χ2v) is 5.98. The van der Waals surface area contributed by atoms with Crippen LogP contribution in [0.2, 0.25) is 0 Å². The summed E-state index contributed by atoms with van der Waals surface area (Å²) in [5.74, 6) is 0.754. The summed E-state index contributed by atoms with van der Waals surface area (Å²) in [6.45, 7) is 0. The lowest BCUT2D eigenvalue weighted by Crippen LogP contribution is -2.38. The van der Waals surface area contributed by atoms with Gasteiger partial charge in [-0.3, -0.25) is 0 Å². The molecule has 2 aromatic rings. The SMILES string of the molecule is N[C@H]1CCCC[C@@H]1N=C(Nc1ccccc1)Nc1ccccc1. The summed E-state index contributed by atoms with van der Waals surface area (Å²) in [7, 11) is 0. The topological polar surface area (TPSA) is 62.4 Å². The van der Waals surface area contributed by atoms with Crippen LogP contribution in [0, 0.1) is 0 Å². The van der Waals surface area contributed by atoms with Crippen molar-refractivity contribution in [3.8, 4) is 0 Å². The molecule has 3 rings (SSSR count). The normalized spacial score (nSPS) is 20.6. The molecule has 4 nitrogen and oxygen atoms in total. The first-order valence-corrected chi connectivity index (χ1v) is 8.29. The van der Waals surface area contributed by atoms with E-state index in [4.69, 9.17) is 10.7 Å². The molecule has 23 heavy (non-hydrogen) atoms. The standard InChI is InChI=1S/C19H24N4/c20-17-13-7-8-14-18(17)23-19(21-15-9-3-1-4-10-15)22-16-11-5-2-6-12-16/h1-6,9-12,17-18H,7-8,13-14,20H2,(H2,21,22,23)/t17-,18-/m0/s1. The molecule has 1 fully saturated rings. The fourth-order valence-corrected chi connectivity index (χ4v) is 2.88. The Hall–Kier alpha value is -2.33. The summed E-state index contributed by atoms with van der Waals surface area (Å²) < 4.78 is 0. The number of benzene rings is 2. The second-order valence-electron chi connectivity index (χ2n) is 5.98. The molecule has 4 heteroatoms. The smallest absolute Gasteiger partial charge is 0.200 e. The summed E-state index contributed by atoms with van der Waals surface area (Å²) in [6, 6.07) is 20.5. The Morgan fingerprint density at radius 3 is 1.87 bits per heavy atom. The van der Waals surface area contributed by atoms with Crippen molar-refractivity contribution in [2.24, 2.45) is 10.7 Å². The molecule has 1 saturated carbocycles. The van der Waals surface area contributed by atoms with E-state index in [0.717, 1.165) is 30.2 Å². The highest BCUT2D eigenvalue weighted by atomic mass is 15.2. The third-order valence-corrected chi connectivity index (χ3v) is 4.15. The van der Waals surface area contributed by atoms with Crippen LogP contribution >= 0.6 is 0 Å². The number of nitrogens with zero attached hydrogens (tertiary/aromatic N) is 1. The van der Waals surface area contributed by atoms with Gasteiger partial charge >= 0.3 is 0 Å². The Morgan fingerprint density at radius 1 is 0.826 bits per heavy atom. The van der Waals surface area contributed by atoms with E-state index in [1.54, 1.807) is 0 Å². The van der Waals surface area contributed by atoms with Gasteiger partial charge in [0.05, 0.1) is 6.04 Å². The van der Waals surface area contributed by atoms with Gasteiger partial charge in [0.15, 0.2) is 0 Å². The molecular formula is C19H24N4. The first-order valence-electron chi connectivity index (χ1n) is 8.29. The van der Waals surface area contributed by atoms with Gasteiger partial charge in [0.2, 0.25) is 5.96 Å². The fourth-order valence-electron chi connectivity index (χ4n) is 2.88. The van der Waals surface area contributed by atoms with Crippen molar-refractivity contribution in [2.75, 3.05) is 10.6 Å². The molecule has 1 aliphatic rings. The second kappa shape index (κ2) is 7.79. The number of anilines is 2. The molecule has 0 heterocycles. The van der Waals surface area contributed by atoms with Crippen LogP contribution in [0.25, 0.3) is 0 Å². The number of nitrogens with one attached hydrogen (secondary N) is 2. The third kappa shape index (κ3) is 4.57. The molecule has 0 spiro atoms. The predicted octanol–water partition coefficient (Wildman–Crippen LogP) is 3.84. The monoisotopic (exact) mass is 308 g/mol. The summed E-state index contributed by atoms with van der Waals surface area (Å²) in [6.07, 6.45) is 4.52. The lowest BCUT2D eigenvalue weighted by atomic mass is 9.91. The highest BCUT2D eigenvalue weighted by molar-refractivity contribution is 6.03. The van der Waals surface area contributed by atoms with E-state index in [0.29, 0.717) is 0 Å². The largest absolute Gasteiger partial charge is 0.326 e. The highest BCUT2D eigenvalue weighted by Crippen LogP contribution is 2.20. The van der Waals surface area contributed by atoms with Gasteiger partial charge in [0, 0.05) is 17.4 Å². The van der Waals surface area contributed by atoms with Crippen LogP contribution in [0.1, 0.15) is 25.7 Å².